The number of rotatable bonds is 6. The molecule has 0 amide bonds. The molecule has 2 aromatic carbocycles. The van der Waals surface area contributed by atoms with Gasteiger partial charge in [-0.3, -0.25) is 0 Å². The molecular formula is C21H24FN3OS. The molecule has 0 aliphatic carbocycles. The van der Waals surface area contributed by atoms with Crippen molar-refractivity contribution in [2.45, 2.75) is 19.9 Å². The Morgan fingerprint density at radius 3 is 2.78 bits per heavy atom. The lowest BCUT2D eigenvalue weighted by molar-refractivity contribution is 0.379. The Labute approximate surface area is 164 Å². The fraction of sp³-hybridized carbons (Fsp3) is 0.286. The van der Waals surface area contributed by atoms with Gasteiger partial charge in [0.25, 0.3) is 0 Å². The highest BCUT2D eigenvalue weighted by atomic mass is 32.1. The van der Waals surface area contributed by atoms with Crippen LogP contribution in [0.25, 0.3) is 10.9 Å². The molecule has 0 unspecified atom stereocenters. The van der Waals surface area contributed by atoms with Crippen LogP contribution in [0.1, 0.15) is 16.8 Å². The lowest BCUT2D eigenvalue weighted by atomic mass is 10.1. The van der Waals surface area contributed by atoms with E-state index in [0.29, 0.717) is 18.2 Å². The van der Waals surface area contributed by atoms with Gasteiger partial charge in [-0.05, 0) is 55.4 Å². The molecule has 1 aromatic heterocycles. The van der Waals surface area contributed by atoms with Crippen LogP contribution in [0.2, 0.25) is 0 Å². The summed E-state index contributed by atoms with van der Waals surface area (Å²) >= 11 is 5.51. The normalized spacial score (nSPS) is 10.8. The first-order valence-electron chi connectivity index (χ1n) is 8.88. The van der Waals surface area contributed by atoms with Gasteiger partial charge in [-0.25, -0.2) is 4.39 Å². The lowest BCUT2D eigenvalue weighted by Gasteiger charge is -2.26. The maximum Gasteiger partial charge on any atom is 0.168 e. The highest BCUT2D eigenvalue weighted by molar-refractivity contribution is 7.80. The van der Waals surface area contributed by atoms with Crippen molar-refractivity contribution < 1.29 is 9.13 Å². The number of ether oxygens (including phenoxy) is 1. The van der Waals surface area contributed by atoms with Crippen LogP contribution in [0.4, 0.5) is 4.39 Å². The minimum absolute atomic E-state index is 0.223. The number of aromatic amines is 1. The van der Waals surface area contributed by atoms with Crippen molar-refractivity contribution in [3.8, 4) is 5.75 Å². The number of methoxy groups -OCH3 is 1. The largest absolute Gasteiger partial charge is 0.496 e. The Balaban J connectivity index is 1.83. The third kappa shape index (κ3) is 4.22. The smallest absolute Gasteiger partial charge is 0.168 e. The minimum atomic E-state index is -0.223. The number of H-pyrrole nitrogens is 1. The Kier molecular flexibility index (Phi) is 5.96. The van der Waals surface area contributed by atoms with Crippen molar-refractivity contribution in [2.75, 3.05) is 20.7 Å². The highest BCUT2D eigenvalue weighted by Crippen LogP contribution is 2.25. The number of hydrogen-bond donors (Lipinski definition) is 2. The van der Waals surface area contributed by atoms with Crippen molar-refractivity contribution in [1.29, 1.82) is 0 Å². The molecule has 0 aliphatic heterocycles. The molecule has 0 aliphatic rings. The summed E-state index contributed by atoms with van der Waals surface area (Å²) < 4.78 is 19.2. The molecule has 4 nitrogen and oxygen atoms in total. The Hall–Kier alpha value is -2.60. The van der Waals surface area contributed by atoms with Gasteiger partial charge >= 0.3 is 0 Å². The van der Waals surface area contributed by atoms with Gasteiger partial charge in [0.05, 0.1) is 7.11 Å². The van der Waals surface area contributed by atoms with E-state index in [0.717, 1.165) is 39.9 Å². The van der Waals surface area contributed by atoms with E-state index in [1.54, 1.807) is 19.2 Å². The van der Waals surface area contributed by atoms with E-state index in [-0.39, 0.29) is 5.82 Å². The first kappa shape index (κ1) is 19.2. The quantitative estimate of drug-likeness (QED) is 0.625. The topological polar surface area (TPSA) is 40.3 Å². The van der Waals surface area contributed by atoms with Crippen molar-refractivity contribution in [1.82, 2.24) is 15.2 Å². The van der Waals surface area contributed by atoms with Gasteiger partial charge in [-0.15, -0.1) is 0 Å². The molecule has 0 saturated carbocycles. The third-order valence-electron chi connectivity index (χ3n) is 4.77. The molecule has 27 heavy (non-hydrogen) atoms. The summed E-state index contributed by atoms with van der Waals surface area (Å²) in [6, 6.07) is 12.8. The summed E-state index contributed by atoms with van der Waals surface area (Å²) in [5.41, 5.74) is 4.20. The number of fused-ring (bicyclic) bond motifs is 1. The number of aryl methyl sites for hydroxylation is 1. The summed E-state index contributed by atoms with van der Waals surface area (Å²) in [7, 11) is 3.49. The molecule has 0 bridgehead atoms. The molecule has 0 atom stereocenters. The van der Waals surface area contributed by atoms with Gasteiger partial charge in [0.2, 0.25) is 0 Å². The highest BCUT2D eigenvalue weighted by Gasteiger charge is 2.15. The number of benzene rings is 2. The molecule has 1 heterocycles. The average molecular weight is 386 g/mol. The van der Waals surface area contributed by atoms with Gasteiger partial charge in [0.15, 0.2) is 5.11 Å². The second-order valence-electron chi connectivity index (χ2n) is 6.46. The van der Waals surface area contributed by atoms with E-state index < -0.39 is 0 Å². The van der Waals surface area contributed by atoms with Crippen LogP contribution >= 0.6 is 12.2 Å². The van der Waals surface area contributed by atoms with Crippen molar-refractivity contribution >= 4 is 28.2 Å². The fourth-order valence-electron chi connectivity index (χ4n) is 3.37. The van der Waals surface area contributed by atoms with Crippen LogP contribution in [0, 0.1) is 12.7 Å². The molecule has 0 saturated heterocycles. The number of hydrogen-bond acceptors (Lipinski definition) is 2. The van der Waals surface area contributed by atoms with Gasteiger partial charge in [0, 0.05) is 42.3 Å². The maximum atomic E-state index is 13.7. The molecule has 142 valence electrons. The Bertz CT molecular complexity index is 954. The number of nitrogens with one attached hydrogen (secondary N) is 2. The molecule has 0 radical (unpaired) electrons. The van der Waals surface area contributed by atoms with Crippen LogP contribution < -0.4 is 10.1 Å². The predicted molar refractivity (Wildman–Crippen MR) is 112 cm³/mol. The van der Waals surface area contributed by atoms with Crippen LogP contribution in [0.5, 0.6) is 5.75 Å². The standard InChI is InChI=1S/C21H24FN3OS/c1-14-17(18-12-16(22)8-9-19(18)24-14)10-11-25(21(27)23-2)13-15-6-4-5-7-20(15)26-3/h4-9,12,24H,10-11,13H2,1-3H3,(H,23,27). The van der Waals surface area contributed by atoms with E-state index >= 15 is 0 Å². The second kappa shape index (κ2) is 8.39. The monoisotopic (exact) mass is 385 g/mol. The zero-order valence-electron chi connectivity index (χ0n) is 15.8. The molecule has 0 fully saturated rings. The number of nitrogens with zero attached hydrogens (tertiary/aromatic N) is 1. The molecule has 6 heteroatoms. The van der Waals surface area contributed by atoms with E-state index in [4.69, 9.17) is 17.0 Å². The predicted octanol–water partition coefficient (Wildman–Crippen LogP) is 4.17. The second-order valence-corrected chi connectivity index (χ2v) is 6.84. The van der Waals surface area contributed by atoms with Gasteiger partial charge < -0.3 is 19.9 Å². The molecular weight excluding hydrogens is 361 g/mol. The number of para-hydroxylation sites is 1. The molecule has 3 rings (SSSR count). The van der Waals surface area contributed by atoms with Crippen LogP contribution in [-0.4, -0.2) is 35.7 Å². The summed E-state index contributed by atoms with van der Waals surface area (Å²) in [6.45, 7) is 3.37. The maximum absolute atomic E-state index is 13.7. The molecule has 3 aromatic rings. The number of aromatic nitrogens is 1. The Morgan fingerprint density at radius 1 is 1.26 bits per heavy atom. The van der Waals surface area contributed by atoms with E-state index in [2.05, 4.69) is 15.2 Å². The summed E-state index contributed by atoms with van der Waals surface area (Å²) in [6.07, 6.45) is 0.756. The number of thiocarbonyl (C=S) groups is 1. The average Bonchev–Trinajstić information content (AvgIpc) is 2.99. The van der Waals surface area contributed by atoms with Crippen molar-refractivity contribution in [2.24, 2.45) is 0 Å². The van der Waals surface area contributed by atoms with Crippen LogP contribution in [0.3, 0.4) is 0 Å². The Morgan fingerprint density at radius 2 is 2.04 bits per heavy atom. The first-order chi connectivity index (χ1) is 13.0. The molecule has 2 N–H and O–H groups in total. The molecule has 0 spiro atoms. The summed E-state index contributed by atoms with van der Waals surface area (Å²) in [5.74, 6) is 0.617. The zero-order valence-corrected chi connectivity index (χ0v) is 16.6. The van der Waals surface area contributed by atoms with Gasteiger partial charge in [0.1, 0.15) is 11.6 Å². The van der Waals surface area contributed by atoms with Crippen molar-refractivity contribution in [3.63, 3.8) is 0 Å². The van der Waals surface area contributed by atoms with Crippen molar-refractivity contribution in [3.05, 3.63) is 65.1 Å². The summed E-state index contributed by atoms with van der Waals surface area (Å²) in [5, 5.41) is 4.66. The number of halogens is 1. The van der Waals surface area contributed by atoms with E-state index in [9.17, 15) is 4.39 Å². The van der Waals surface area contributed by atoms with E-state index in [1.807, 2.05) is 38.2 Å². The fourth-order valence-corrected chi connectivity index (χ4v) is 3.53. The SMILES string of the molecule is CNC(=S)N(CCc1c(C)[nH]c2ccc(F)cc12)Cc1ccccc1OC. The zero-order chi connectivity index (χ0) is 19.4. The first-order valence-corrected chi connectivity index (χ1v) is 9.29. The van der Waals surface area contributed by atoms with Gasteiger partial charge in [-0.1, -0.05) is 18.2 Å². The van der Waals surface area contributed by atoms with Gasteiger partial charge in [-0.2, -0.15) is 0 Å². The summed E-state index contributed by atoms with van der Waals surface area (Å²) in [4.78, 5) is 5.44. The van der Waals surface area contributed by atoms with E-state index in [1.165, 1.54) is 6.07 Å². The minimum Gasteiger partial charge on any atom is -0.496 e. The lowest BCUT2D eigenvalue weighted by Crippen LogP contribution is -2.38. The van der Waals surface area contributed by atoms with Crippen LogP contribution in [-0.2, 0) is 13.0 Å². The third-order valence-corrected chi connectivity index (χ3v) is 5.23. The van der Waals surface area contributed by atoms with Crippen LogP contribution in [0.15, 0.2) is 42.5 Å².